The number of H-pyrrole nitrogens is 1. The smallest absolute Gasteiger partial charge is 0.242 e. The summed E-state index contributed by atoms with van der Waals surface area (Å²) in [6, 6.07) is 11.8. The third-order valence-corrected chi connectivity index (χ3v) is 3.91. The van der Waals surface area contributed by atoms with Crippen molar-refractivity contribution in [3.63, 3.8) is 0 Å². The number of rotatable bonds is 10. The predicted molar refractivity (Wildman–Crippen MR) is 103 cm³/mol. The molecule has 27 heavy (non-hydrogen) atoms. The Bertz CT molecular complexity index is 881. The van der Waals surface area contributed by atoms with E-state index in [0.717, 1.165) is 16.5 Å². The van der Waals surface area contributed by atoms with E-state index in [0.29, 0.717) is 24.1 Å². The minimum absolute atomic E-state index is 0.0365. The molecule has 2 heterocycles. The maximum atomic E-state index is 8.86. The van der Waals surface area contributed by atoms with Crippen molar-refractivity contribution >= 4 is 16.7 Å². The summed E-state index contributed by atoms with van der Waals surface area (Å²) in [5, 5.41) is 23.0. The molecule has 0 radical (unpaired) electrons. The summed E-state index contributed by atoms with van der Waals surface area (Å²) in [6.45, 7) is 4.64. The molecule has 0 aliphatic heterocycles. The maximum absolute atomic E-state index is 8.86. The van der Waals surface area contributed by atoms with Crippen molar-refractivity contribution in [3.8, 4) is 5.88 Å². The van der Waals surface area contributed by atoms with Crippen LogP contribution in [0.1, 0.15) is 11.6 Å². The molecule has 2 aromatic heterocycles. The standard InChI is InChI=1S/C19H23N5O3/c1-13(21-17(12-26-2)14-6-4-3-5-7-14)22-18-10-16-15(11-20-18)19(24-23-16)27-9-8-25/h3-7,10-11,17,21,25H,1,8-9,12H2,2H3,(H,20,22)(H,23,24). The molecule has 0 amide bonds. The zero-order valence-corrected chi connectivity index (χ0v) is 15.1. The molecule has 8 heteroatoms. The number of nitrogens with one attached hydrogen (secondary N) is 3. The summed E-state index contributed by atoms with van der Waals surface area (Å²) >= 11 is 0. The number of aliphatic hydroxyl groups excluding tert-OH is 1. The number of anilines is 1. The summed E-state index contributed by atoms with van der Waals surface area (Å²) in [6.07, 6.45) is 1.66. The molecular weight excluding hydrogens is 346 g/mol. The van der Waals surface area contributed by atoms with Gasteiger partial charge in [-0.1, -0.05) is 36.9 Å². The molecule has 0 fully saturated rings. The molecule has 3 aromatic rings. The van der Waals surface area contributed by atoms with Crippen LogP contribution in [-0.2, 0) is 4.74 Å². The SMILES string of the molecule is C=C(Nc1cc2[nH]nc(OCCO)c2cn1)NC(COC)c1ccccc1. The van der Waals surface area contributed by atoms with Gasteiger partial charge in [0.1, 0.15) is 12.4 Å². The fourth-order valence-electron chi connectivity index (χ4n) is 2.68. The van der Waals surface area contributed by atoms with Crippen molar-refractivity contribution in [1.29, 1.82) is 0 Å². The number of aromatic nitrogens is 3. The van der Waals surface area contributed by atoms with Crippen molar-refractivity contribution in [2.45, 2.75) is 6.04 Å². The Hall–Kier alpha value is -3.10. The first-order valence-corrected chi connectivity index (χ1v) is 8.55. The Morgan fingerprint density at radius 3 is 2.89 bits per heavy atom. The topological polar surface area (TPSA) is 104 Å². The molecule has 3 rings (SSSR count). The Kier molecular flexibility index (Phi) is 6.24. The number of nitrogens with zero attached hydrogens (tertiary/aromatic N) is 2. The fraction of sp³-hybridized carbons (Fsp3) is 0.263. The van der Waals surface area contributed by atoms with Crippen LogP contribution in [0.3, 0.4) is 0 Å². The van der Waals surface area contributed by atoms with Crippen molar-refractivity contribution in [2.75, 3.05) is 32.2 Å². The number of methoxy groups -OCH3 is 1. The van der Waals surface area contributed by atoms with E-state index in [4.69, 9.17) is 14.6 Å². The molecular formula is C19H23N5O3. The lowest BCUT2D eigenvalue weighted by Crippen LogP contribution is -2.27. The van der Waals surface area contributed by atoms with Crippen LogP contribution in [-0.4, -0.2) is 47.2 Å². The third-order valence-electron chi connectivity index (χ3n) is 3.91. The van der Waals surface area contributed by atoms with E-state index in [1.807, 2.05) is 36.4 Å². The molecule has 1 unspecified atom stereocenters. The molecule has 0 aliphatic rings. The lowest BCUT2D eigenvalue weighted by molar-refractivity contribution is 0.171. The van der Waals surface area contributed by atoms with Gasteiger partial charge in [0, 0.05) is 19.4 Å². The summed E-state index contributed by atoms with van der Waals surface area (Å²) < 4.78 is 10.7. The second-order valence-corrected chi connectivity index (χ2v) is 5.88. The Labute approximate surface area is 157 Å². The summed E-state index contributed by atoms with van der Waals surface area (Å²) in [7, 11) is 1.66. The Balaban J connectivity index is 1.67. The molecule has 4 N–H and O–H groups in total. The van der Waals surface area contributed by atoms with Gasteiger partial charge in [0.25, 0.3) is 0 Å². The van der Waals surface area contributed by atoms with E-state index in [-0.39, 0.29) is 19.3 Å². The van der Waals surface area contributed by atoms with Crippen LogP contribution in [0.5, 0.6) is 5.88 Å². The molecule has 142 valence electrons. The normalized spacial score (nSPS) is 11.9. The van der Waals surface area contributed by atoms with Gasteiger partial charge in [-0.15, -0.1) is 5.10 Å². The number of ether oxygens (including phenoxy) is 2. The molecule has 0 spiro atoms. The second-order valence-electron chi connectivity index (χ2n) is 5.88. The van der Waals surface area contributed by atoms with Gasteiger partial charge in [0.2, 0.25) is 5.88 Å². The van der Waals surface area contributed by atoms with Gasteiger partial charge in [-0.05, 0) is 5.56 Å². The first-order chi connectivity index (χ1) is 13.2. The number of hydrogen-bond acceptors (Lipinski definition) is 7. The van der Waals surface area contributed by atoms with Gasteiger partial charge in [-0.25, -0.2) is 4.98 Å². The molecule has 0 saturated heterocycles. The number of pyridine rings is 1. The van der Waals surface area contributed by atoms with Gasteiger partial charge in [-0.3, -0.25) is 5.10 Å². The first-order valence-electron chi connectivity index (χ1n) is 8.55. The van der Waals surface area contributed by atoms with E-state index in [1.165, 1.54) is 0 Å². The average molecular weight is 369 g/mol. The summed E-state index contributed by atoms with van der Waals surface area (Å²) in [4.78, 5) is 4.37. The van der Waals surface area contributed by atoms with E-state index >= 15 is 0 Å². The summed E-state index contributed by atoms with van der Waals surface area (Å²) in [5.74, 6) is 1.63. The molecule has 0 saturated carbocycles. The van der Waals surface area contributed by atoms with Crippen LogP contribution in [0.25, 0.3) is 10.9 Å². The van der Waals surface area contributed by atoms with Crippen LogP contribution < -0.4 is 15.4 Å². The van der Waals surface area contributed by atoms with Crippen LogP contribution in [0, 0.1) is 0 Å². The number of aliphatic hydroxyl groups is 1. The molecule has 0 aliphatic carbocycles. The van der Waals surface area contributed by atoms with Crippen molar-refractivity contribution in [1.82, 2.24) is 20.5 Å². The number of hydrogen-bond donors (Lipinski definition) is 4. The maximum Gasteiger partial charge on any atom is 0.242 e. The van der Waals surface area contributed by atoms with Gasteiger partial charge in [0.05, 0.1) is 36.0 Å². The highest BCUT2D eigenvalue weighted by Crippen LogP contribution is 2.24. The van der Waals surface area contributed by atoms with Crippen LogP contribution in [0.4, 0.5) is 5.82 Å². The van der Waals surface area contributed by atoms with Gasteiger partial charge >= 0.3 is 0 Å². The first kappa shape index (κ1) is 18.7. The highest BCUT2D eigenvalue weighted by atomic mass is 16.5. The lowest BCUT2D eigenvalue weighted by atomic mass is 10.1. The Morgan fingerprint density at radius 2 is 2.15 bits per heavy atom. The quantitative estimate of drug-likeness (QED) is 0.434. The number of benzene rings is 1. The predicted octanol–water partition coefficient (Wildman–Crippen LogP) is 2.19. The largest absolute Gasteiger partial charge is 0.474 e. The van der Waals surface area contributed by atoms with Crippen molar-refractivity contribution < 1.29 is 14.6 Å². The summed E-state index contributed by atoms with van der Waals surface area (Å²) in [5.41, 5.74) is 1.87. The van der Waals surface area contributed by atoms with E-state index < -0.39 is 0 Å². The highest BCUT2D eigenvalue weighted by Gasteiger charge is 2.13. The minimum Gasteiger partial charge on any atom is -0.474 e. The lowest BCUT2D eigenvalue weighted by Gasteiger charge is -2.21. The fourth-order valence-corrected chi connectivity index (χ4v) is 2.68. The number of fused-ring (bicyclic) bond motifs is 1. The molecule has 0 bridgehead atoms. The van der Waals surface area contributed by atoms with Gasteiger partial charge < -0.3 is 25.2 Å². The third kappa shape index (κ3) is 4.75. The van der Waals surface area contributed by atoms with E-state index in [9.17, 15) is 0 Å². The average Bonchev–Trinajstić information content (AvgIpc) is 3.09. The van der Waals surface area contributed by atoms with Crippen molar-refractivity contribution in [2.24, 2.45) is 0 Å². The van der Waals surface area contributed by atoms with Crippen LogP contribution in [0.2, 0.25) is 0 Å². The van der Waals surface area contributed by atoms with Crippen LogP contribution in [0.15, 0.2) is 55.0 Å². The molecule has 8 nitrogen and oxygen atoms in total. The van der Waals surface area contributed by atoms with E-state index in [1.54, 1.807) is 13.3 Å². The van der Waals surface area contributed by atoms with E-state index in [2.05, 4.69) is 32.4 Å². The van der Waals surface area contributed by atoms with Gasteiger partial charge in [-0.2, -0.15) is 0 Å². The Morgan fingerprint density at radius 1 is 1.33 bits per heavy atom. The highest BCUT2D eigenvalue weighted by molar-refractivity contribution is 5.85. The number of aromatic amines is 1. The van der Waals surface area contributed by atoms with Crippen molar-refractivity contribution in [3.05, 3.63) is 60.6 Å². The minimum atomic E-state index is -0.0725. The molecule has 1 atom stereocenters. The zero-order valence-electron chi connectivity index (χ0n) is 15.1. The van der Waals surface area contributed by atoms with Gasteiger partial charge in [0.15, 0.2) is 0 Å². The van der Waals surface area contributed by atoms with Crippen LogP contribution >= 0.6 is 0 Å². The molecule has 1 aromatic carbocycles. The second kappa shape index (κ2) is 9.02. The zero-order chi connectivity index (χ0) is 19.1. The monoisotopic (exact) mass is 369 g/mol.